The van der Waals surface area contributed by atoms with Crippen LogP contribution < -0.4 is 14.8 Å². The van der Waals surface area contributed by atoms with E-state index in [1.54, 1.807) is 18.2 Å². The first-order valence-corrected chi connectivity index (χ1v) is 7.02. The van der Waals surface area contributed by atoms with Gasteiger partial charge in [-0.15, -0.1) is 0 Å². The number of carbonyl (C=O) groups is 1. The number of carboxylic acid groups (broad SMARTS) is 1. The number of hydrogen-bond acceptors (Lipinski definition) is 4. The number of fused-ring (bicyclic) bond motifs is 1. The molecule has 24 heavy (non-hydrogen) atoms. The molecule has 0 radical (unpaired) electrons. The summed E-state index contributed by atoms with van der Waals surface area (Å²) >= 11 is 0. The van der Waals surface area contributed by atoms with Gasteiger partial charge in [0.1, 0.15) is 0 Å². The summed E-state index contributed by atoms with van der Waals surface area (Å²) in [4.78, 5) is 11.1. The van der Waals surface area contributed by atoms with Crippen LogP contribution in [-0.4, -0.2) is 23.9 Å². The molecule has 0 fully saturated rings. The highest BCUT2D eigenvalue weighted by atomic mass is 19.3. The van der Waals surface area contributed by atoms with Gasteiger partial charge < -0.3 is 19.9 Å². The number of alkyl halides is 2. The first kappa shape index (κ1) is 15.8. The second-order valence-electron chi connectivity index (χ2n) is 5.04. The SMILES string of the molecule is O=C(O)c1ccccc1NC(F)(F)/C=C/c1ccc2c(c1)OCO2. The molecular weight excluding hydrogens is 320 g/mol. The zero-order valence-corrected chi connectivity index (χ0v) is 12.3. The van der Waals surface area contributed by atoms with Gasteiger partial charge in [-0.3, -0.25) is 0 Å². The summed E-state index contributed by atoms with van der Waals surface area (Å²) in [7, 11) is 0. The molecule has 124 valence electrons. The predicted molar refractivity (Wildman–Crippen MR) is 83.6 cm³/mol. The Morgan fingerprint density at radius 3 is 2.71 bits per heavy atom. The second-order valence-corrected chi connectivity index (χ2v) is 5.04. The number of para-hydroxylation sites is 1. The van der Waals surface area contributed by atoms with Gasteiger partial charge in [0.05, 0.1) is 11.3 Å². The van der Waals surface area contributed by atoms with Crippen LogP contribution in [0.25, 0.3) is 6.08 Å². The number of halogens is 2. The van der Waals surface area contributed by atoms with Gasteiger partial charge in [0.15, 0.2) is 11.5 Å². The van der Waals surface area contributed by atoms with Crippen LogP contribution in [0.4, 0.5) is 14.5 Å². The van der Waals surface area contributed by atoms with Crippen LogP contribution >= 0.6 is 0 Å². The molecule has 0 atom stereocenters. The number of anilines is 1. The molecular formula is C17H13F2NO4. The third kappa shape index (κ3) is 3.45. The normalized spacial score (nSPS) is 13.2. The molecule has 0 bridgehead atoms. The van der Waals surface area contributed by atoms with E-state index in [4.69, 9.17) is 14.6 Å². The molecule has 1 aliphatic rings. The Morgan fingerprint density at radius 2 is 1.92 bits per heavy atom. The summed E-state index contributed by atoms with van der Waals surface area (Å²) in [6, 6.07) is 6.89. The van der Waals surface area contributed by atoms with E-state index in [-0.39, 0.29) is 18.0 Å². The fourth-order valence-electron chi connectivity index (χ4n) is 2.22. The monoisotopic (exact) mass is 333 g/mol. The van der Waals surface area contributed by atoms with E-state index in [1.807, 2.05) is 5.32 Å². The van der Waals surface area contributed by atoms with E-state index in [0.29, 0.717) is 23.1 Å². The molecule has 0 spiro atoms. The summed E-state index contributed by atoms with van der Waals surface area (Å²) in [5, 5.41) is 11.0. The highest BCUT2D eigenvalue weighted by Gasteiger charge is 2.26. The minimum absolute atomic E-state index is 0.103. The summed E-state index contributed by atoms with van der Waals surface area (Å²) in [6.45, 7) is 0.103. The van der Waals surface area contributed by atoms with Gasteiger partial charge in [0.25, 0.3) is 0 Å². The van der Waals surface area contributed by atoms with Crippen LogP contribution in [0.5, 0.6) is 11.5 Å². The molecule has 0 saturated heterocycles. The summed E-state index contributed by atoms with van der Waals surface area (Å²) in [6.07, 6.45) is 1.88. The van der Waals surface area contributed by atoms with Crippen molar-refractivity contribution < 1.29 is 28.2 Å². The molecule has 5 nitrogen and oxygen atoms in total. The Kier molecular flexibility index (Phi) is 4.07. The maximum absolute atomic E-state index is 14.1. The maximum atomic E-state index is 14.1. The number of benzene rings is 2. The number of rotatable bonds is 5. The fraction of sp³-hybridized carbons (Fsp3) is 0.118. The van der Waals surface area contributed by atoms with Gasteiger partial charge in [-0.2, -0.15) is 8.78 Å². The zero-order valence-electron chi connectivity index (χ0n) is 12.3. The average Bonchev–Trinajstić information content (AvgIpc) is 3.00. The third-order valence-electron chi connectivity index (χ3n) is 3.34. The Hall–Kier alpha value is -3.09. The lowest BCUT2D eigenvalue weighted by atomic mass is 10.1. The number of carboxylic acids is 1. The second kappa shape index (κ2) is 6.19. The first-order chi connectivity index (χ1) is 11.4. The van der Waals surface area contributed by atoms with Crippen molar-refractivity contribution in [2.45, 2.75) is 6.05 Å². The van der Waals surface area contributed by atoms with Crippen LogP contribution in [-0.2, 0) is 0 Å². The molecule has 0 unspecified atom stereocenters. The van der Waals surface area contributed by atoms with Crippen molar-refractivity contribution >= 4 is 17.7 Å². The van der Waals surface area contributed by atoms with Crippen molar-refractivity contribution in [3.63, 3.8) is 0 Å². The number of aromatic carboxylic acids is 1. The molecule has 0 aliphatic carbocycles. The molecule has 0 saturated carbocycles. The van der Waals surface area contributed by atoms with E-state index in [2.05, 4.69) is 0 Å². The summed E-state index contributed by atoms with van der Waals surface area (Å²) in [5.74, 6) is -0.231. The third-order valence-corrected chi connectivity index (χ3v) is 3.34. The highest BCUT2D eigenvalue weighted by Crippen LogP contribution is 2.33. The molecule has 2 N–H and O–H groups in total. The van der Waals surface area contributed by atoms with E-state index in [1.165, 1.54) is 30.3 Å². The van der Waals surface area contributed by atoms with Gasteiger partial charge in [0.2, 0.25) is 6.79 Å². The molecule has 3 rings (SSSR count). The Bertz CT molecular complexity index is 805. The molecule has 7 heteroatoms. The van der Waals surface area contributed by atoms with Gasteiger partial charge in [-0.05, 0) is 29.8 Å². The lowest BCUT2D eigenvalue weighted by Crippen LogP contribution is -2.25. The van der Waals surface area contributed by atoms with Crippen LogP contribution in [0, 0.1) is 0 Å². The van der Waals surface area contributed by atoms with Crippen molar-refractivity contribution in [3.05, 3.63) is 59.7 Å². The minimum Gasteiger partial charge on any atom is -0.478 e. The predicted octanol–water partition coefficient (Wildman–Crippen LogP) is 3.83. The van der Waals surface area contributed by atoms with Gasteiger partial charge in [-0.25, -0.2) is 4.79 Å². The lowest BCUT2D eigenvalue weighted by molar-refractivity contribution is 0.0695. The first-order valence-electron chi connectivity index (χ1n) is 7.02. The summed E-state index contributed by atoms with van der Waals surface area (Å²) in [5.41, 5.74) is 0.117. The highest BCUT2D eigenvalue weighted by molar-refractivity contribution is 5.94. The number of nitrogens with one attached hydrogen (secondary N) is 1. The minimum atomic E-state index is -3.43. The smallest absolute Gasteiger partial charge is 0.343 e. The number of hydrogen-bond donors (Lipinski definition) is 2. The van der Waals surface area contributed by atoms with Crippen molar-refractivity contribution in [2.75, 3.05) is 12.1 Å². The van der Waals surface area contributed by atoms with E-state index in [0.717, 1.165) is 0 Å². The van der Waals surface area contributed by atoms with E-state index in [9.17, 15) is 13.6 Å². The Morgan fingerprint density at radius 1 is 1.17 bits per heavy atom. The maximum Gasteiger partial charge on any atom is 0.343 e. The van der Waals surface area contributed by atoms with Crippen LogP contribution in [0.15, 0.2) is 48.5 Å². The van der Waals surface area contributed by atoms with Crippen LogP contribution in [0.2, 0.25) is 0 Å². The topological polar surface area (TPSA) is 67.8 Å². The van der Waals surface area contributed by atoms with Crippen LogP contribution in [0.1, 0.15) is 15.9 Å². The molecule has 2 aromatic rings. The van der Waals surface area contributed by atoms with Gasteiger partial charge in [-0.1, -0.05) is 24.3 Å². The average molecular weight is 333 g/mol. The Balaban J connectivity index is 1.77. The van der Waals surface area contributed by atoms with E-state index >= 15 is 0 Å². The molecule has 1 aliphatic heterocycles. The van der Waals surface area contributed by atoms with Gasteiger partial charge in [0, 0.05) is 6.08 Å². The molecule has 1 heterocycles. The number of ether oxygens (including phenoxy) is 2. The van der Waals surface area contributed by atoms with Crippen molar-refractivity contribution in [1.29, 1.82) is 0 Å². The molecule has 0 amide bonds. The fourth-order valence-corrected chi connectivity index (χ4v) is 2.22. The van der Waals surface area contributed by atoms with Crippen molar-refractivity contribution in [1.82, 2.24) is 0 Å². The van der Waals surface area contributed by atoms with Crippen molar-refractivity contribution in [3.8, 4) is 11.5 Å². The Labute approximate surface area is 136 Å². The molecule has 0 aromatic heterocycles. The zero-order chi connectivity index (χ0) is 17.2. The largest absolute Gasteiger partial charge is 0.478 e. The quantitative estimate of drug-likeness (QED) is 0.814. The van der Waals surface area contributed by atoms with Crippen LogP contribution in [0.3, 0.4) is 0 Å². The summed E-state index contributed by atoms with van der Waals surface area (Å²) < 4.78 is 38.5. The van der Waals surface area contributed by atoms with E-state index < -0.39 is 12.0 Å². The standard InChI is InChI=1S/C17H13F2NO4/c18-17(19,20-13-4-2-1-3-12(13)16(21)22)8-7-11-5-6-14-15(9-11)24-10-23-14/h1-9,20H,10H2,(H,21,22)/b8-7+. The van der Waals surface area contributed by atoms with Gasteiger partial charge >= 0.3 is 12.0 Å². The molecule has 2 aromatic carbocycles. The lowest BCUT2D eigenvalue weighted by Gasteiger charge is -2.16. The van der Waals surface area contributed by atoms with Crippen molar-refractivity contribution in [2.24, 2.45) is 0 Å².